The highest BCUT2D eigenvalue weighted by molar-refractivity contribution is 5.84. The zero-order valence-electron chi connectivity index (χ0n) is 10.9. The minimum Gasteiger partial charge on any atom is -0.371 e. The van der Waals surface area contributed by atoms with Gasteiger partial charge >= 0.3 is 0 Å². The van der Waals surface area contributed by atoms with Crippen LogP contribution in [0.5, 0.6) is 0 Å². The fraction of sp³-hybridized carbons (Fsp3) is 0.462. The van der Waals surface area contributed by atoms with Gasteiger partial charge in [0.2, 0.25) is 5.91 Å². The van der Waals surface area contributed by atoms with Crippen molar-refractivity contribution in [2.75, 3.05) is 11.9 Å². The molecule has 1 aromatic rings. The van der Waals surface area contributed by atoms with Gasteiger partial charge in [0.1, 0.15) is 11.9 Å². The highest BCUT2D eigenvalue weighted by Gasteiger charge is 2.16. The number of benzene rings is 1. The van der Waals surface area contributed by atoms with E-state index >= 15 is 0 Å². The lowest BCUT2D eigenvalue weighted by atomic mass is 10.2. The van der Waals surface area contributed by atoms with Crippen molar-refractivity contribution in [3.05, 3.63) is 29.6 Å². The first-order valence-corrected chi connectivity index (χ1v) is 6.14. The summed E-state index contributed by atoms with van der Waals surface area (Å²) in [6.07, 6.45) is 1.79. The lowest BCUT2D eigenvalue weighted by Gasteiger charge is -2.15. The summed E-state index contributed by atoms with van der Waals surface area (Å²) in [6, 6.07) is 0.399. The van der Waals surface area contributed by atoms with Crippen LogP contribution in [0.25, 0.3) is 0 Å². The van der Waals surface area contributed by atoms with Crippen LogP contribution >= 0.6 is 0 Å². The average Bonchev–Trinajstić information content (AvgIpc) is 2.36. The van der Waals surface area contributed by atoms with Crippen LogP contribution in [0.3, 0.4) is 0 Å². The van der Waals surface area contributed by atoms with Gasteiger partial charge in [-0.2, -0.15) is 0 Å². The molecule has 1 atom stereocenters. The Morgan fingerprint density at radius 1 is 1.21 bits per heavy atom. The molecule has 0 fully saturated rings. The number of rotatable bonds is 6. The van der Waals surface area contributed by atoms with Gasteiger partial charge in [0, 0.05) is 18.7 Å². The van der Waals surface area contributed by atoms with E-state index in [1.165, 1.54) is 6.92 Å². The van der Waals surface area contributed by atoms with E-state index < -0.39 is 23.5 Å². The molecule has 0 aliphatic carbocycles. The molecule has 0 aliphatic heterocycles. The summed E-state index contributed by atoms with van der Waals surface area (Å²) in [5.74, 6) is -3.68. The molecule has 0 saturated carbocycles. The third kappa shape index (κ3) is 4.46. The molecule has 0 radical (unpaired) electrons. The maximum absolute atomic E-state index is 13.4. The predicted molar refractivity (Wildman–Crippen MR) is 67.3 cm³/mol. The smallest absolute Gasteiger partial charge is 0.242 e. The Hall–Kier alpha value is -1.72. The number of amides is 1. The second kappa shape index (κ2) is 7.01. The quantitative estimate of drug-likeness (QED) is 0.618. The van der Waals surface area contributed by atoms with E-state index in [-0.39, 0.29) is 11.6 Å². The fourth-order valence-corrected chi connectivity index (χ4v) is 1.47. The van der Waals surface area contributed by atoms with Crippen LogP contribution in [0, 0.1) is 17.5 Å². The third-order valence-corrected chi connectivity index (χ3v) is 2.60. The Kier molecular flexibility index (Phi) is 5.66. The van der Waals surface area contributed by atoms with Crippen molar-refractivity contribution in [1.82, 2.24) is 5.32 Å². The third-order valence-electron chi connectivity index (χ3n) is 2.60. The molecule has 0 heterocycles. The number of unbranched alkanes of at least 4 members (excludes halogenated alkanes) is 1. The molecule has 19 heavy (non-hydrogen) atoms. The predicted octanol–water partition coefficient (Wildman–Crippen LogP) is 2.82. The SMILES string of the molecule is CCCCNC(=O)C(C)Nc1cc(F)c(F)cc1F. The monoisotopic (exact) mass is 274 g/mol. The number of hydrogen-bond donors (Lipinski definition) is 2. The van der Waals surface area contributed by atoms with Crippen molar-refractivity contribution in [3.63, 3.8) is 0 Å². The van der Waals surface area contributed by atoms with Gasteiger partial charge in [-0.1, -0.05) is 13.3 Å². The average molecular weight is 274 g/mol. The molecule has 2 N–H and O–H groups in total. The minimum absolute atomic E-state index is 0.239. The molecule has 3 nitrogen and oxygen atoms in total. The topological polar surface area (TPSA) is 41.1 Å². The summed E-state index contributed by atoms with van der Waals surface area (Å²) in [6.45, 7) is 4.04. The number of carbonyl (C=O) groups excluding carboxylic acids is 1. The second-order valence-corrected chi connectivity index (χ2v) is 4.26. The molecule has 1 rings (SSSR count). The molecule has 0 spiro atoms. The number of anilines is 1. The van der Waals surface area contributed by atoms with Crippen LogP contribution in [-0.2, 0) is 4.79 Å². The van der Waals surface area contributed by atoms with Crippen LogP contribution in [-0.4, -0.2) is 18.5 Å². The lowest BCUT2D eigenvalue weighted by molar-refractivity contribution is -0.121. The standard InChI is InChI=1S/C13H17F3N2O/c1-3-4-5-17-13(19)8(2)18-12-7-10(15)9(14)6-11(12)16/h6-8,18H,3-5H2,1-2H3,(H,17,19). The number of hydrogen-bond acceptors (Lipinski definition) is 2. The van der Waals surface area contributed by atoms with Crippen molar-refractivity contribution in [1.29, 1.82) is 0 Å². The molecule has 0 saturated heterocycles. The molecule has 6 heteroatoms. The largest absolute Gasteiger partial charge is 0.371 e. The Morgan fingerprint density at radius 2 is 1.84 bits per heavy atom. The van der Waals surface area contributed by atoms with Gasteiger partial charge < -0.3 is 10.6 Å². The first kappa shape index (κ1) is 15.3. The molecule has 0 bridgehead atoms. The van der Waals surface area contributed by atoms with E-state index in [2.05, 4.69) is 10.6 Å². The molecule has 0 aromatic heterocycles. The van der Waals surface area contributed by atoms with Gasteiger partial charge in [0.15, 0.2) is 11.6 Å². The summed E-state index contributed by atoms with van der Waals surface area (Å²) >= 11 is 0. The highest BCUT2D eigenvalue weighted by atomic mass is 19.2. The zero-order chi connectivity index (χ0) is 14.4. The number of halogens is 3. The normalized spacial score (nSPS) is 12.1. The van der Waals surface area contributed by atoms with Crippen LogP contribution in [0.2, 0.25) is 0 Å². The first-order chi connectivity index (χ1) is 8.95. The molecule has 0 aliphatic rings. The minimum atomic E-state index is -1.26. The molecule has 1 unspecified atom stereocenters. The van der Waals surface area contributed by atoms with Gasteiger partial charge in [-0.3, -0.25) is 4.79 Å². The summed E-state index contributed by atoms with van der Waals surface area (Å²) < 4.78 is 39.1. The Bertz CT molecular complexity index is 452. The van der Waals surface area contributed by atoms with E-state index in [1.54, 1.807) is 0 Å². The summed E-state index contributed by atoms with van der Waals surface area (Å²) in [5, 5.41) is 5.17. The van der Waals surface area contributed by atoms with Crippen molar-refractivity contribution in [3.8, 4) is 0 Å². The van der Waals surface area contributed by atoms with Crippen molar-refractivity contribution >= 4 is 11.6 Å². The molecule has 1 amide bonds. The Balaban J connectivity index is 2.63. The van der Waals surface area contributed by atoms with Gasteiger partial charge in [-0.05, 0) is 13.3 Å². The lowest BCUT2D eigenvalue weighted by Crippen LogP contribution is -2.38. The maximum Gasteiger partial charge on any atom is 0.242 e. The van der Waals surface area contributed by atoms with E-state index in [1.807, 2.05) is 6.92 Å². The summed E-state index contributed by atoms with van der Waals surface area (Å²) in [4.78, 5) is 11.6. The van der Waals surface area contributed by atoms with E-state index in [0.717, 1.165) is 12.8 Å². The van der Waals surface area contributed by atoms with Gasteiger partial charge in [0.25, 0.3) is 0 Å². The van der Waals surface area contributed by atoms with E-state index in [9.17, 15) is 18.0 Å². The molecule has 106 valence electrons. The Labute approximate surface area is 110 Å². The molecule has 1 aromatic carbocycles. The van der Waals surface area contributed by atoms with E-state index in [0.29, 0.717) is 18.7 Å². The van der Waals surface area contributed by atoms with Crippen molar-refractivity contribution < 1.29 is 18.0 Å². The summed E-state index contributed by atoms with van der Waals surface area (Å²) in [5.41, 5.74) is -0.239. The Morgan fingerprint density at radius 3 is 2.47 bits per heavy atom. The number of nitrogens with one attached hydrogen (secondary N) is 2. The zero-order valence-corrected chi connectivity index (χ0v) is 10.9. The van der Waals surface area contributed by atoms with Crippen LogP contribution < -0.4 is 10.6 Å². The summed E-state index contributed by atoms with van der Waals surface area (Å²) in [7, 11) is 0. The maximum atomic E-state index is 13.4. The highest BCUT2D eigenvalue weighted by Crippen LogP contribution is 2.19. The number of carbonyl (C=O) groups is 1. The first-order valence-electron chi connectivity index (χ1n) is 6.14. The fourth-order valence-electron chi connectivity index (χ4n) is 1.47. The molecular formula is C13H17F3N2O. The van der Waals surface area contributed by atoms with Gasteiger partial charge in [-0.15, -0.1) is 0 Å². The van der Waals surface area contributed by atoms with Gasteiger partial charge in [-0.25, -0.2) is 13.2 Å². The van der Waals surface area contributed by atoms with E-state index in [4.69, 9.17) is 0 Å². The van der Waals surface area contributed by atoms with Crippen LogP contribution in [0.4, 0.5) is 18.9 Å². The van der Waals surface area contributed by atoms with Crippen molar-refractivity contribution in [2.24, 2.45) is 0 Å². The second-order valence-electron chi connectivity index (χ2n) is 4.26. The molecular weight excluding hydrogens is 257 g/mol. The van der Waals surface area contributed by atoms with Gasteiger partial charge in [0.05, 0.1) is 5.69 Å². The van der Waals surface area contributed by atoms with Crippen LogP contribution in [0.1, 0.15) is 26.7 Å². The van der Waals surface area contributed by atoms with Crippen LogP contribution in [0.15, 0.2) is 12.1 Å². The van der Waals surface area contributed by atoms with Crippen molar-refractivity contribution in [2.45, 2.75) is 32.7 Å².